The molecule has 2 atom stereocenters. The predicted octanol–water partition coefficient (Wildman–Crippen LogP) is 1.31. The topological polar surface area (TPSA) is 69.6 Å². The SMILES string of the molecule is O=S(=O)(N[C@H]1CCN(Cc2ccccc2)C[C@H]1CO)C(F)(F)F. The average molecular weight is 352 g/mol. The van der Waals surface area contributed by atoms with Gasteiger partial charge >= 0.3 is 15.5 Å². The summed E-state index contributed by atoms with van der Waals surface area (Å²) in [5.74, 6) is -0.579. The van der Waals surface area contributed by atoms with Crippen molar-refractivity contribution in [3.05, 3.63) is 35.9 Å². The van der Waals surface area contributed by atoms with Crippen molar-refractivity contribution >= 4 is 10.0 Å². The van der Waals surface area contributed by atoms with E-state index in [-0.39, 0.29) is 13.0 Å². The number of hydrogen-bond acceptors (Lipinski definition) is 4. The molecule has 1 fully saturated rings. The van der Waals surface area contributed by atoms with Crippen LogP contribution in [0.25, 0.3) is 0 Å². The second-order valence-corrected chi connectivity index (χ2v) is 7.33. The van der Waals surface area contributed by atoms with Gasteiger partial charge in [-0.25, -0.2) is 13.1 Å². The number of halogens is 3. The monoisotopic (exact) mass is 352 g/mol. The lowest BCUT2D eigenvalue weighted by Gasteiger charge is -2.38. The second kappa shape index (κ2) is 7.16. The van der Waals surface area contributed by atoms with E-state index in [1.807, 2.05) is 35.2 Å². The number of rotatable bonds is 5. The normalized spacial score (nSPS) is 23.8. The Bertz CT molecular complexity index is 607. The Balaban J connectivity index is 1.99. The van der Waals surface area contributed by atoms with Crippen LogP contribution >= 0.6 is 0 Å². The molecule has 9 heteroatoms. The average Bonchev–Trinajstić information content (AvgIpc) is 2.48. The number of piperidine rings is 1. The largest absolute Gasteiger partial charge is 0.511 e. The minimum atomic E-state index is -5.40. The number of hydrogen-bond donors (Lipinski definition) is 2. The number of likely N-dealkylation sites (tertiary alicyclic amines) is 1. The summed E-state index contributed by atoms with van der Waals surface area (Å²) < 4.78 is 61.5. The number of nitrogens with one attached hydrogen (secondary N) is 1. The first-order chi connectivity index (χ1) is 10.7. The third-order valence-corrected chi connectivity index (χ3v) is 5.14. The van der Waals surface area contributed by atoms with Gasteiger partial charge in [0.1, 0.15) is 0 Å². The lowest BCUT2D eigenvalue weighted by atomic mass is 9.93. The first kappa shape index (κ1) is 18.2. The molecule has 1 aromatic rings. The molecule has 0 amide bonds. The van der Waals surface area contributed by atoms with E-state index in [0.717, 1.165) is 5.56 Å². The lowest BCUT2D eigenvalue weighted by molar-refractivity contribution is -0.0458. The van der Waals surface area contributed by atoms with Crippen LogP contribution in [0.5, 0.6) is 0 Å². The van der Waals surface area contributed by atoms with Crippen LogP contribution < -0.4 is 4.72 Å². The van der Waals surface area contributed by atoms with E-state index in [0.29, 0.717) is 19.6 Å². The van der Waals surface area contributed by atoms with Gasteiger partial charge in [0.2, 0.25) is 0 Å². The highest BCUT2D eigenvalue weighted by molar-refractivity contribution is 7.90. The first-order valence-electron chi connectivity index (χ1n) is 7.18. The third kappa shape index (κ3) is 4.66. The van der Waals surface area contributed by atoms with Crippen LogP contribution in [0.2, 0.25) is 0 Å². The summed E-state index contributed by atoms with van der Waals surface area (Å²) >= 11 is 0. The van der Waals surface area contributed by atoms with Crippen molar-refractivity contribution < 1.29 is 26.7 Å². The molecule has 0 unspecified atom stereocenters. The summed E-state index contributed by atoms with van der Waals surface area (Å²) in [6, 6.07) is 8.63. The van der Waals surface area contributed by atoms with Crippen molar-refractivity contribution in [2.24, 2.45) is 5.92 Å². The van der Waals surface area contributed by atoms with Crippen molar-refractivity contribution in [3.8, 4) is 0 Å². The molecule has 2 N–H and O–H groups in total. The van der Waals surface area contributed by atoms with Crippen LogP contribution in [0.1, 0.15) is 12.0 Å². The van der Waals surface area contributed by atoms with Gasteiger partial charge < -0.3 is 5.11 Å². The Labute approximate surface area is 133 Å². The minimum Gasteiger partial charge on any atom is -0.396 e. The van der Waals surface area contributed by atoms with Gasteiger partial charge in [-0.1, -0.05) is 30.3 Å². The maximum Gasteiger partial charge on any atom is 0.511 e. The molecule has 0 saturated carbocycles. The Hall–Kier alpha value is -1.16. The van der Waals surface area contributed by atoms with Gasteiger partial charge in [-0.3, -0.25) is 4.90 Å². The van der Waals surface area contributed by atoms with E-state index >= 15 is 0 Å². The quantitative estimate of drug-likeness (QED) is 0.838. The Morgan fingerprint density at radius 3 is 2.48 bits per heavy atom. The van der Waals surface area contributed by atoms with Crippen LogP contribution in [0.15, 0.2) is 30.3 Å². The molecular weight excluding hydrogens is 333 g/mol. The third-order valence-electron chi connectivity index (χ3n) is 3.91. The van der Waals surface area contributed by atoms with Gasteiger partial charge in [0.15, 0.2) is 0 Å². The van der Waals surface area contributed by atoms with E-state index in [2.05, 4.69) is 0 Å². The highest BCUT2D eigenvalue weighted by atomic mass is 32.2. The van der Waals surface area contributed by atoms with E-state index in [1.165, 1.54) is 0 Å². The number of nitrogens with zero attached hydrogens (tertiary/aromatic N) is 1. The molecule has 23 heavy (non-hydrogen) atoms. The zero-order valence-corrected chi connectivity index (χ0v) is 13.1. The van der Waals surface area contributed by atoms with Crippen LogP contribution in [0.4, 0.5) is 13.2 Å². The van der Waals surface area contributed by atoms with Crippen molar-refractivity contribution in [1.29, 1.82) is 0 Å². The standard InChI is InChI=1S/C14H19F3N2O3S/c15-14(16,17)23(21,22)18-13-6-7-19(9-12(13)10-20)8-11-4-2-1-3-5-11/h1-5,12-13,18,20H,6-10H2/t12-,13-/m0/s1. The highest BCUT2D eigenvalue weighted by Crippen LogP contribution is 2.26. The van der Waals surface area contributed by atoms with E-state index < -0.39 is 27.5 Å². The Morgan fingerprint density at radius 2 is 1.91 bits per heavy atom. The second-order valence-electron chi connectivity index (χ2n) is 5.63. The number of alkyl halides is 3. The molecule has 0 radical (unpaired) electrons. The maximum absolute atomic E-state index is 12.5. The molecule has 0 aromatic heterocycles. The van der Waals surface area contributed by atoms with E-state index in [9.17, 15) is 26.7 Å². The molecule has 1 heterocycles. The van der Waals surface area contributed by atoms with Gasteiger partial charge in [0, 0.05) is 38.2 Å². The number of sulfonamides is 1. The molecule has 5 nitrogen and oxygen atoms in total. The van der Waals surface area contributed by atoms with Crippen LogP contribution in [-0.2, 0) is 16.6 Å². The number of aliphatic hydroxyl groups excluding tert-OH is 1. The summed E-state index contributed by atoms with van der Waals surface area (Å²) in [6.45, 7) is 1.01. The minimum absolute atomic E-state index is 0.216. The van der Waals surface area contributed by atoms with Crippen LogP contribution in [0, 0.1) is 5.92 Å². The summed E-state index contributed by atoms with van der Waals surface area (Å²) in [4.78, 5) is 1.99. The zero-order chi connectivity index (χ0) is 17.1. The van der Waals surface area contributed by atoms with Crippen molar-refractivity contribution in [1.82, 2.24) is 9.62 Å². The smallest absolute Gasteiger partial charge is 0.396 e. The Kier molecular flexibility index (Phi) is 5.66. The lowest BCUT2D eigenvalue weighted by Crippen LogP contribution is -2.54. The van der Waals surface area contributed by atoms with Crippen molar-refractivity contribution in [2.45, 2.75) is 24.5 Å². The van der Waals surface area contributed by atoms with E-state index in [4.69, 9.17) is 0 Å². The number of benzene rings is 1. The molecular formula is C14H19F3N2O3S. The van der Waals surface area contributed by atoms with Gasteiger partial charge in [-0.15, -0.1) is 0 Å². The summed E-state index contributed by atoms with van der Waals surface area (Å²) in [5.41, 5.74) is -4.28. The first-order valence-corrected chi connectivity index (χ1v) is 8.67. The molecule has 1 aliphatic heterocycles. The fraction of sp³-hybridized carbons (Fsp3) is 0.571. The molecule has 1 saturated heterocycles. The maximum atomic E-state index is 12.5. The van der Waals surface area contributed by atoms with Gasteiger partial charge in [-0.2, -0.15) is 13.2 Å². The van der Waals surface area contributed by atoms with Crippen molar-refractivity contribution in [3.63, 3.8) is 0 Å². The predicted molar refractivity (Wildman–Crippen MR) is 78.8 cm³/mol. The molecule has 2 rings (SSSR count). The van der Waals surface area contributed by atoms with Gasteiger partial charge in [-0.05, 0) is 12.0 Å². The summed E-state index contributed by atoms with van der Waals surface area (Å²) in [5, 5.41) is 9.40. The fourth-order valence-corrected chi connectivity index (χ4v) is 3.54. The van der Waals surface area contributed by atoms with Crippen LogP contribution in [0.3, 0.4) is 0 Å². The van der Waals surface area contributed by atoms with Gasteiger partial charge in [0.25, 0.3) is 0 Å². The fourth-order valence-electron chi connectivity index (χ4n) is 2.70. The molecule has 1 aliphatic rings. The highest BCUT2D eigenvalue weighted by Gasteiger charge is 2.48. The molecule has 1 aromatic carbocycles. The molecule has 130 valence electrons. The van der Waals surface area contributed by atoms with E-state index in [1.54, 1.807) is 4.72 Å². The zero-order valence-electron chi connectivity index (χ0n) is 12.3. The summed E-state index contributed by atoms with van der Waals surface area (Å²) in [6.07, 6.45) is 0.216. The number of aliphatic hydroxyl groups is 1. The summed E-state index contributed by atoms with van der Waals surface area (Å²) in [7, 11) is -5.40. The van der Waals surface area contributed by atoms with Gasteiger partial charge in [0.05, 0.1) is 0 Å². The Morgan fingerprint density at radius 1 is 1.26 bits per heavy atom. The molecule has 0 spiro atoms. The van der Waals surface area contributed by atoms with Crippen molar-refractivity contribution in [2.75, 3.05) is 19.7 Å². The van der Waals surface area contributed by atoms with Crippen LogP contribution in [-0.4, -0.2) is 49.7 Å². The molecule has 0 aliphatic carbocycles. The molecule has 0 bridgehead atoms.